The first-order chi connectivity index (χ1) is 9.74. The number of hydrogen-bond acceptors (Lipinski definition) is 4. The quantitative estimate of drug-likeness (QED) is 0.751. The number of aromatic nitrogens is 4. The molecule has 2 N–H and O–H groups in total. The molecule has 1 atom stereocenters. The predicted octanol–water partition coefficient (Wildman–Crippen LogP) is 2.55. The van der Waals surface area contributed by atoms with E-state index in [1.54, 1.807) is 4.80 Å². The van der Waals surface area contributed by atoms with Gasteiger partial charge in [-0.2, -0.15) is 4.80 Å². The summed E-state index contributed by atoms with van der Waals surface area (Å²) in [4.78, 5) is 1.56. The standard InChI is InChI=1S/C14H12ClN5/c15-12-5-1-10(2-6-12)14(20-18-9-17-19-20)11-3-7-13(16)8-4-11/h1-9,14H,16H2. The van der Waals surface area contributed by atoms with E-state index in [2.05, 4.69) is 15.4 Å². The maximum atomic E-state index is 5.94. The highest BCUT2D eigenvalue weighted by molar-refractivity contribution is 6.30. The minimum atomic E-state index is -0.157. The molecule has 20 heavy (non-hydrogen) atoms. The Balaban J connectivity index is 2.09. The van der Waals surface area contributed by atoms with Gasteiger partial charge in [-0.3, -0.25) is 0 Å². The van der Waals surface area contributed by atoms with Crippen LogP contribution in [0.1, 0.15) is 17.2 Å². The fourth-order valence-electron chi connectivity index (χ4n) is 2.08. The second-order valence-electron chi connectivity index (χ2n) is 4.38. The van der Waals surface area contributed by atoms with E-state index < -0.39 is 0 Å². The predicted molar refractivity (Wildman–Crippen MR) is 77.4 cm³/mol. The number of nitrogen functional groups attached to an aromatic ring is 1. The lowest BCUT2D eigenvalue weighted by atomic mass is 9.99. The van der Waals surface area contributed by atoms with Crippen molar-refractivity contribution in [2.24, 2.45) is 0 Å². The molecular formula is C14H12ClN5. The summed E-state index contributed by atoms with van der Waals surface area (Å²) >= 11 is 5.94. The van der Waals surface area contributed by atoms with E-state index in [4.69, 9.17) is 17.3 Å². The number of hydrogen-bond donors (Lipinski definition) is 1. The van der Waals surface area contributed by atoms with Crippen LogP contribution >= 0.6 is 11.6 Å². The fraction of sp³-hybridized carbons (Fsp3) is 0.0714. The molecule has 100 valence electrons. The van der Waals surface area contributed by atoms with Crippen molar-refractivity contribution >= 4 is 17.3 Å². The summed E-state index contributed by atoms with van der Waals surface area (Å²) in [6, 6.07) is 15.1. The lowest BCUT2D eigenvalue weighted by molar-refractivity contribution is 0.504. The van der Waals surface area contributed by atoms with E-state index >= 15 is 0 Å². The molecule has 0 saturated carbocycles. The number of tetrazole rings is 1. The summed E-state index contributed by atoms with van der Waals surface area (Å²) in [5.74, 6) is 0. The van der Waals surface area contributed by atoms with Crippen molar-refractivity contribution in [3.05, 3.63) is 71.0 Å². The average molecular weight is 286 g/mol. The third-order valence-corrected chi connectivity index (χ3v) is 3.29. The minimum Gasteiger partial charge on any atom is -0.399 e. The first-order valence-electron chi connectivity index (χ1n) is 6.07. The third kappa shape index (κ3) is 2.48. The van der Waals surface area contributed by atoms with Crippen LogP contribution < -0.4 is 5.73 Å². The van der Waals surface area contributed by atoms with Crippen molar-refractivity contribution in [2.45, 2.75) is 6.04 Å². The zero-order valence-corrected chi connectivity index (χ0v) is 11.3. The molecule has 0 aliphatic rings. The van der Waals surface area contributed by atoms with E-state index in [-0.39, 0.29) is 6.04 Å². The third-order valence-electron chi connectivity index (χ3n) is 3.03. The Morgan fingerprint density at radius 1 is 0.950 bits per heavy atom. The van der Waals surface area contributed by atoms with Crippen LogP contribution in [-0.2, 0) is 0 Å². The Hall–Kier alpha value is -2.40. The van der Waals surface area contributed by atoms with Crippen molar-refractivity contribution in [1.82, 2.24) is 20.2 Å². The van der Waals surface area contributed by atoms with Crippen molar-refractivity contribution in [1.29, 1.82) is 0 Å². The van der Waals surface area contributed by atoms with Gasteiger partial charge in [0.15, 0.2) is 6.33 Å². The highest BCUT2D eigenvalue weighted by Crippen LogP contribution is 2.26. The summed E-state index contributed by atoms with van der Waals surface area (Å²) in [6.45, 7) is 0. The summed E-state index contributed by atoms with van der Waals surface area (Å²) in [5, 5.41) is 12.6. The molecule has 1 unspecified atom stereocenters. The van der Waals surface area contributed by atoms with Gasteiger partial charge in [0.1, 0.15) is 6.04 Å². The van der Waals surface area contributed by atoms with Gasteiger partial charge in [-0.1, -0.05) is 35.9 Å². The molecule has 5 nitrogen and oxygen atoms in total. The SMILES string of the molecule is Nc1ccc(C(c2ccc(Cl)cc2)n2ncnn2)cc1. The molecular weight excluding hydrogens is 274 g/mol. The summed E-state index contributed by atoms with van der Waals surface area (Å²) in [6.07, 6.45) is 1.42. The van der Waals surface area contributed by atoms with E-state index in [1.807, 2.05) is 48.5 Å². The normalized spacial score (nSPS) is 12.2. The monoisotopic (exact) mass is 285 g/mol. The van der Waals surface area contributed by atoms with Gasteiger partial charge in [0.2, 0.25) is 0 Å². The van der Waals surface area contributed by atoms with Gasteiger partial charge in [0.05, 0.1) is 0 Å². The molecule has 3 rings (SSSR count). The fourth-order valence-corrected chi connectivity index (χ4v) is 2.20. The number of halogens is 1. The number of nitrogens with two attached hydrogens (primary N) is 1. The molecule has 2 aromatic carbocycles. The maximum Gasteiger partial charge on any atom is 0.162 e. The highest BCUT2D eigenvalue weighted by Gasteiger charge is 2.18. The largest absolute Gasteiger partial charge is 0.399 e. The van der Waals surface area contributed by atoms with E-state index in [1.165, 1.54) is 6.33 Å². The second-order valence-corrected chi connectivity index (χ2v) is 4.81. The van der Waals surface area contributed by atoms with Crippen LogP contribution in [0, 0.1) is 0 Å². The lowest BCUT2D eigenvalue weighted by Crippen LogP contribution is -2.15. The summed E-state index contributed by atoms with van der Waals surface area (Å²) < 4.78 is 0. The molecule has 0 aliphatic heterocycles. The van der Waals surface area contributed by atoms with Gasteiger partial charge in [-0.25, -0.2) is 0 Å². The second kappa shape index (κ2) is 5.30. The average Bonchev–Trinajstić information content (AvgIpc) is 2.97. The molecule has 3 aromatic rings. The first kappa shape index (κ1) is 12.6. The van der Waals surface area contributed by atoms with Gasteiger partial charge >= 0.3 is 0 Å². The summed E-state index contributed by atoms with van der Waals surface area (Å²) in [7, 11) is 0. The number of nitrogens with zero attached hydrogens (tertiary/aromatic N) is 4. The van der Waals surface area contributed by atoms with Crippen molar-refractivity contribution < 1.29 is 0 Å². The Labute approximate surface area is 121 Å². The van der Waals surface area contributed by atoms with Crippen LogP contribution in [0.2, 0.25) is 5.02 Å². The van der Waals surface area contributed by atoms with Crippen LogP contribution in [0.15, 0.2) is 54.9 Å². The van der Waals surface area contributed by atoms with Crippen LogP contribution in [0.5, 0.6) is 0 Å². The summed E-state index contributed by atoms with van der Waals surface area (Å²) in [5.41, 5.74) is 8.51. The molecule has 0 bridgehead atoms. The zero-order chi connectivity index (χ0) is 13.9. The molecule has 0 spiro atoms. The van der Waals surface area contributed by atoms with Crippen molar-refractivity contribution in [2.75, 3.05) is 5.73 Å². The molecule has 0 aliphatic carbocycles. The number of anilines is 1. The van der Waals surface area contributed by atoms with Gasteiger partial charge < -0.3 is 5.73 Å². The van der Waals surface area contributed by atoms with E-state index in [0.29, 0.717) is 5.02 Å². The van der Waals surface area contributed by atoms with Gasteiger partial charge in [-0.05, 0) is 40.6 Å². The molecule has 0 saturated heterocycles. The topological polar surface area (TPSA) is 69.6 Å². The maximum absolute atomic E-state index is 5.94. The number of rotatable bonds is 3. The Bertz CT molecular complexity index is 631. The zero-order valence-electron chi connectivity index (χ0n) is 10.5. The lowest BCUT2D eigenvalue weighted by Gasteiger charge is -2.16. The van der Waals surface area contributed by atoms with Gasteiger partial charge in [0.25, 0.3) is 0 Å². The molecule has 1 aromatic heterocycles. The van der Waals surface area contributed by atoms with Crippen LogP contribution in [0.4, 0.5) is 5.69 Å². The van der Waals surface area contributed by atoms with Crippen LogP contribution in [-0.4, -0.2) is 20.2 Å². The molecule has 1 heterocycles. The number of benzene rings is 2. The van der Waals surface area contributed by atoms with Crippen molar-refractivity contribution in [3.8, 4) is 0 Å². The first-order valence-corrected chi connectivity index (χ1v) is 6.45. The molecule has 6 heteroatoms. The smallest absolute Gasteiger partial charge is 0.162 e. The Morgan fingerprint density at radius 3 is 2.10 bits per heavy atom. The Morgan fingerprint density at radius 2 is 1.55 bits per heavy atom. The minimum absolute atomic E-state index is 0.157. The molecule has 0 radical (unpaired) electrons. The van der Waals surface area contributed by atoms with E-state index in [9.17, 15) is 0 Å². The Kier molecular flexibility index (Phi) is 3.35. The van der Waals surface area contributed by atoms with E-state index in [0.717, 1.165) is 16.8 Å². The van der Waals surface area contributed by atoms with Crippen LogP contribution in [0.3, 0.4) is 0 Å². The van der Waals surface area contributed by atoms with Crippen LogP contribution in [0.25, 0.3) is 0 Å². The van der Waals surface area contributed by atoms with Crippen molar-refractivity contribution in [3.63, 3.8) is 0 Å². The molecule has 0 fully saturated rings. The molecule has 0 amide bonds. The van der Waals surface area contributed by atoms with Gasteiger partial charge in [-0.15, -0.1) is 10.2 Å². The van der Waals surface area contributed by atoms with Gasteiger partial charge in [0, 0.05) is 10.7 Å². The highest BCUT2D eigenvalue weighted by atomic mass is 35.5.